The molecule has 0 amide bonds. The van der Waals surface area contributed by atoms with Gasteiger partial charge in [-0.2, -0.15) is 0 Å². The van der Waals surface area contributed by atoms with Gasteiger partial charge in [-0.1, -0.05) is 6.07 Å². The normalized spacial score (nSPS) is 21.1. The Morgan fingerprint density at radius 1 is 1.12 bits per heavy atom. The van der Waals surface area contributed by atoms with Crippen molar-refractivity contribution < 1.29 is 4.39 Å². The molecule has 6 heteroatoms. The molecule has 1 aliphatic carbocycles. The van der Waals surface area contributed by atoms with E-state index >= 15 is 0 Å². The third-order valence-electron chi connectivity index (χ3n) is 4.76. The lowest BCUT2D eigenvalue weighted by molar-refractivity contribution is 0.246. The van der Waals surface area contributed by atoms with E-state index in [1.54, 1.807) is 6.07 Å². The summed E-state index contributed by atoms with van der Waals surface area (Å²) in [6.45, 7) is 2.11. The molecule has 2 aliphatic rings. The van der Waals surface area contributed by atoms with E-state index < -0.39 is 0 Å². The number of hydrogen-bond acceptors (Lipinski definition) is 5. The third kappa shape index (κ3) is 4.25. The van der Waals surface area contributed by atoms with Gasteiger partial charge in [-0.3, -0.25) is 0 Å². The van der Waals surface area contributed by atoms with Gasteiger partial charge in [0.2, 0.25) is 0 Å². The van der Waals surface area contributed by atoms with E-state index in [4.69, 9.17) is 9.97 Å². The van der Waals surface area contributed by atoms with Crippen LogP contribution in [0.4, 0.5) is 21.7 Å². The highest BCUT2D eigenvalue weighted by Crippen LogP contribution is 2.29. The van der Waals surface area contributed by atoms with Gasteiger partial charge in [0.25, 0.3) is 0 Å². The molecule has 2 fully saturated rings. The van der Waals surface area contributed by atoms with Crippen LogP contribution in [-0.4, -0.2) is 41.0 Å². The van der Waals surface area contributed by atoms with Gasteiger partial charge >= 0.3 is 0 Å². The first kappa shape index (κ1) is 16.3. The number of nitrogens with zero attached hydrogens (tertiary/aromatic N) is 3. The maximum Gasteiger partial charge on any atom is 0.137 e. The quantitative estimate of drug-likeness (QED) is 0.868. The SMILES string of the molecule is CN1CCCC(c2nc(Nc3cccc(F)c3)cc(NC3CC3)n2)C1. The molecule has 25 heavy (non-hydrogen) atoms. The van der Waals surface area contributed by atoms with Crippen molar-refractivity contribution >= 4 is 17.3 Å². The van der Waals surface area contributed by atoms with Crippen molar-refractivity contribution in [3.63, 3.8) is 0 Å². The fraction of sp³-hybridized carbons (Fsp3) is 0.474. The largest absolute Gasteiger partial charge is 0.367 e. The standard InChI is InChI=1S/C19H24FN5/c1-25-9-3-4-13(12-25)19-23-17(21-15-7-8-15)11-18(24-19)22-16-6-2-5-14(20)10-16/h2,5-6,10-11,13,15H,3-4,7-9,12H2,1H3,(H2,21,22,23,24). The smallest absolute Gasteiger partial charge is 0.137 e. The zero-order valence-electron chi connectivity index (χ0n) is 14.5. The van der Waals surface area contributed by atoms with Gasteiger partial charge < -0.3 is 15.5 Å². The van der Waals surface area contributed by atoms with Gasteiger partial charge in [0.15, 0.2) is 0 Å². The Balaban J connectivity index is 1.61. The van der Waals surface area contributed by atoms with Crippen LogP contribution in [0.3, 0.4) is 0 Å². The lowest BCUT2D eigenvalue weighted by atomic mass is 9.97. The fourth-order valence-electron chi connectivity index (χ4n) is 3.31. The maximum atomic E-state index is 13.5. The molecular formula is C19H24FN5. The number of benzene rings is 1. The third-order valence-corrected chi connectivity index (χ3v) is 4.76. The van der Waals surface area contributed by atoms with Crippen LogP contribution < -0.4 is 10.6 Å². The van der Waals surface area contributed by atoms with Crippen molar-refractivity contribution in [2.45, 2.75) is 37.6 Å². The second-order valence-corrected chi connectivity index (χ2v) is 7.15. The monoisotopic (exact) mass is 341 g/mol. The summed E-state index contributed by atoms with van der Waals surface area (Å²) >= 11 is 0. The van der Waals surface area contributed by atoms with E-state index in [1.807, 2.05) is 12.1 Å². The van der Waals surface area contributed by atoms with Crippen LogP contribution in [0, 0.1) is 5.82 Å². The zero-order chi connectivity index (χ0) is 17.2. The first-order valence-corrected chi connectivity index (χ1v) is 9.02. The average molecular weight is 341 g/mol. The molecule has 0 bridgehead atoms. The molecule has 1 saturated carbocycles. The molecule has 0 radical (unpaired) electrons. The minimum absolute atomic E-state index is 0.260. The maximum absolute atomic E-state index is 13.5. The number of aromatic nitrogens is 2. The van der Waals surface area contributed by atoms with Crippen molar-refractivity contribution in [3.8, 4) is 0 Å². The summed E-state index contributed by atoms with van der Waals surface area (Å²) in [5.74, 6) is 2.53. The first-order valence-electron chi connectivity index (χ1n) is 9.02. The van der Waals surface area contributed by atoms with Crippen LogP contribution in [0.25, 0.3) is 0 Å². The molecule has 2 heterocycles. The van der Waals surface area contributed by atoms with Gasteiger partial charge in [-0.05, 0) is 57.5 Å². The molecule has 2 N–H and O–H groups in total. The molecule has 1 aliphatic heterocycles. The summed E-state index contributed by atoms with van der Waals surface area (Å²) in [7, 11) is 2.14. The summed E-state index contributed by atoms with van der Waals surface area (Å²) in [4.78, 5) is 11.8. The molecule has 2 aromatic rings. The number of halogens is 1. The van der Waals surface area contributed by atoms with Gasteiger partial charge in [-0.15, -0.1) is 0 Å². The molecule has 1 aromatic heterocycles. The zero-order valence-corrected chi connectivity index (χ0v) is 14.5. The van der Waals surface area contributed by atoms with E-state index in [9.17, 15) is 4.39 Å². The molecule has 1 atom stereocenters. The van der Waals surface area contributed by atoms with Gasteiger partial charge in [0.05, 0.1) is 0 Å². The Morgan fingerprint density at radius 2 is 1.96 bits per heavy atom. The van der Waals surface area contributed by atoms with Crippen molar-refractivity contribution in [2.75, 3.05) is 30.8 Å². The highest BCUT2D eigenvalue weighted by Gasteiger charge is 2.25. The Hall–Kier alpha value is -2.21. The number of piperidine rings is 1. The number of likely N-dealkylation sites (N-methyl/N-ethyl adjacent to an activating group) is 1. The molecule has 0 spiro atoms. The van der Waals surface area contributed by atoms with Gasteiger partial charge in [0.1, 0.15) is 23.3 Å². The van der Waals surface area contributed by atoms with Gasteiger partial charge in [-0.25, -0.2) is 14.4 Å². The molecule has 1 unspecified atom stereocenters. The first-order chi connectivity index (χ1) is 12.2. The number of rotatable bonds is 5. The second kappa shape index (κ2) is 6.96. The van der Waals surface area contributed by atoms with Crippen LogP contribution in [0.15, 0.2) is 30.3 Å². The lowest BCUT2D eigenvalue weighted by Gasteiger charge is -2.29. The van der Waals surface area contributed by atoms with Crippen LogP contribution in [-0.2, 0) is 0 Å². The number of nitrogens with one attached hydrogen (secondary N) is 2. The lowest BCUT2D eigenvalue weighted by Crippen LogP contribution is -2.31. The number of anilines is 3. The number of likely N-dealkylation sites (tertiary alicyclic amines) is 1. The topological polar surface area (TPSA) is 53.1 Å². The summed E-state index contributed by atoms with van der Waals surface area (Å²) < 4.78 is 13.5. The number of hydrogen-bond donors (Lipinski definition) is 2. The minimum atomic E-state index is -0.260. The van der Waals surface area contributed by atoms with Crippen LogP contribution in [0.1, 0.15) is 37.4 Å². The Morgan fingerprint density at radius 3 is 2.72 bits per heavy atom. The van der Waals surface area contributed by atoms with E-state index in [1.165, 1.54) is 25.0 Å². The van der Waals surface area contributed by atoms with Crippen LogP contribution >= 0.6 is 0 Å². The van der Waals surface area contributed by atoms with Crippen molar-refractivity contribution in [2.24, 2.45) is 0 Å². The van der Waals surface area contributed by atoms with Crippen LogP contribution in [0.2, 0.25) is 0 Å². The average Bonchev–Trinajstić information content (AvgIpc) is 3.38. The van der Waals surface area contributed by atoms with Crippen LogP contribution in [0.5, 0.6) is 0 Å². The molecule has 4 rings (SSSR count). The summed E-state index contributed by atoms with van der Waals surface area (Å²) in [6, 6.07) is 8.89. The summed E-state index contributed by atoms with van der Waals surface area (Å²) in [5, 5.41) is 6.69. The molecule has 1 aromatic carbocycles. The molecular weight excluding hydrogens is 317 g/mol. The minimum Gasteiger partial charge on any atom is -0.367 e. The predicted molar refractivity (Wildman–Crippen MR) is 97.8 cm³/mol. The highest BCUT2D eigenvalue weighted by atomic mass is 19.1. The van der Waals surface area contributed by atoms with Gasteiger partial charge in [0, 0.05) is 30.3 Å². The predicted octanol–water partition coefficient (Wildman–Crippen LogP) is 3.74. The highest BCUT2D eigenvalue weighted by molar-refractivity contribution is 5.59. The van der Waals surface area contributed by atoms with E-state index in [2.05, 4.69) is 22.6 Å². The fourth-order valence-corrected chi connectivity index (χ4v) is 3.31. The Labute approximate surface area is 147 Å². The van der Waals surface area contributed by atoms with E-state index in [0.717, 1.165) is 37.6 Å². The molecule has 5 nitrogen and oxygen atoms in total. The Kier molecular flexibility index (Phi) is 4.53. The molecule has 132 valence electrons. The van der Waals surface area contributed by atoms with E-state index in [-0.39, 0.29) is 5.82 Å². The second-order valence-electron chi connectivity index (χ2n) is 7.15. The van der Waals surface area contributed by atoms with E-state index in [0.29, 0.717) is 23.5 Å². The van der Waals surface area contributed by atoms with Crippen molar-refractivity contribution in [1.29, 1.82) is 0 Å². The summed E-state index contributed by atoms with van der Waals surface area (Å²) in [5.41, 5.74) is 0.697. The van der Waals surface area contributed by atoms with Crippen molar-refractivity contribution in [1.82, 2.24) is 14.9 Å². The molecule has 1 saturated heterocycles. The Bertz CT molecular complexity index is 746. The van der Waals surface area contributed by atoms with Crippen molar-refractivity contribution in [3.05, 3.63) is 42.0 Å². The summed E-state index contributed by atoms with van der Waals surface area (Å²) in [6.07, 6.45) is 4.66.